The molecular formula is C20H23Cl3N2O4. The molecule has 3 heterocycles. The number of nitrogens with zero attached hydrogens (tertiary/aromatic N) is 2. The van der Waals surface area contributed by atoms with Crippen molar-refractivity contribution in [1.29, 1.82) is 0 Å². The van der Waals surface area contributed by atoms with E-state index in [1.807, 2.05) is 24.3 Å². The molecule has 1 aromatic carbocycles. The van der Waals surface area contributed by atoms with Gasteiger partial charge < -0.3 is 14.3 Å². The lowest BCUT2D eigenvalue weighted by Crippen LogP contribution is -2.67. The zero-order valence-corrected chi connectivity index (χ0v) is 18.1. The smallest absolute Gasteiger partial charge is 0.274 e. The highest BCUT2D eigenvalue weighted by Gasteiger charge is 2.62. The van der Waals surface area contributed by atoms with Crippen molar-refractivity contribution in [3.8, 4) is 5.75 Å². The Morgan fingerprint density at radius 3 is 2.66 bits per heavy atom. The van der Waals surface area contributed by atoms with Gasteiger partial charge in [0.1, 0.15) is 11.5 Å². The van der Waals surface area contributed by atoms with Crippen LogP contribution in [0.2, 0.25) is 0 Å². The van der Waals surface area contributed by atoms with Crippen molar-refractivity contribution in [2.75, 3.05) is 26.3 Å². The molecule has 0 aromatic heterocycles. The molecule has 0 N–H and O–H groups in total. The first-order chi connectivity index (χ1) is 13.9. The molecule has 3 aliphatic heterocycles. The van der Waals surface area contributed by atoms with Crippen LogP contribution >= 0.6 is 34.8 Å². The van der Waals surface area contributed by atoms with E-state index in [1.165, 1.54) is 0 Å². The van der Waals surface area contributed by atoms with Crippen LogP contribution in [-0.2, 0) is 9.57 Å². The summed E-state index contributed by atoms with van der Waals surface area (Å²) in [7, 11) is 0. The fourth-order valence-electron chi connectivity index (χ4n) is 5.50. The van der Waals surface area contributed by atoms with Crippen LogP contribution in [0.3, 0.4) is 0 Å². The average molecular weight is 462 g/mol. The summed E-state index contributed by atoms with van der Waals surface area (Å²) >= 11 is 18.8. The van der Waals surface area contributed by atoms with Gasteiger partial charge in [-0.25, -0.2) is 0 Å². The molecule has 4 aliphatic rings. The van der Waals surface area contributed by atoms with Gasteiger partial charge in [-0.2, -0.15) is 0 Å². The molecule has 6 nitrogen and oxygen atoms in total. The van der Waals surface area contributed by atoms with Gasteiger partial charge in [0, 0.05) is 29.5 Å². The van der Waals surface area contributed by atoms with Crippen LogP contribution < -0.4 is 4.74 Å². The molecule has 1 saturated heterocycles. The molecule has 0 radical (unpaired) electrons. The molecule has 1 saturated carbocycles. The molecule has 5 rings (SSSR count). The Morgan fingerprint density at radius 2 is 1.90 bits per heavy atom. The van der Waals surface area contributed by atoms with Crippen molar-refractivity contribution in [2.45, 2.75) is 47.2 Å². The summed E-state index contributed by atoms with van der Waals surface area (Å²) in [6.45, 7) is 2.74. The molecule has 4 atom stereocenters. The molecule has 9 heteroatoms. The molecule has 29 heavy (non-hydrogen) atoms. The second-order valence-corrected chi connectivity index (χ2v) is 10.5. The fraction of sp³-hybridized carbons (Fsp3) is 0.650. The van der Waals surface area contributed by atoms with Gasteiger partial charge in [-0.05, 0) is 18.9 Å². The van der Waals surface area contributed by atoms with E-state index in [2.05, 4.69) is 4.90 Å². The lowest BCUT2D eigenvalue weighted by molar-refractivity contribution is -0.787. The Kier molecular flexibility index (Phi) is 5.07. The molecule has 158 valence electrons. The summed E-state index contributed by atoms with van der Waals surface area (Å²) in [6, 6.07) is 7.73. The van der Waals surface area contributed by atoms with Gasteiger partial charge in [0.15, 0.2) is 0 Å². The summed E-state index contributed by atoms with van der Waals surface area (Å²) in [5.74, 6) is 0.499. The average Bonchev–Trinajstić information content (AvgIpc) is 2.73. The van der Waals surface area contributed by atoms with Crippen molar-refractivity contribution >= 4 is 40.5 Å². The van der Waals surface area contributed by atoms with Crippen LogP contribution in [-0.4, -0.2) is 57.4 Å². The van der Waals surface area contributed by atoms with E-state index < -0.39 is 15.6 Å². The van der Waals surface area contributed by atoms with Gasteiger partial charge in [0.05, 0.1) is 19.1 Å². The fourth-order valence-corrected chi connectivity index (χ4v) is 5.97. The van der Waals surface area contributed by atoms with Crippen molar-refractivity contribution in [3.05, 3.63) is 35.0 Å². The third kappa shape index (κ3) is 3.19. The molecular weight excluding hydrogens is 439 g/mol. The maximum atomic E-state index is 13.3. The number of morpholine rings is 1. The minimum Gasteiger partial charge on any atom is -0.475 e. The summed E-state index contributed by atoms with van der Waals surface area (Å²) in [4.78, 5) is 9.05. The monoisotopic (exact) mass is 460 g/mol. The minimum atomic E-state index is -1.79. The number of alkyl halides is 3. The van der Waals surface area contributed by atoms with E-state index in [9.17, 15) is 5.21 Å². The number of rotatable bonds is 1. The van der Waals surface area contributed by atoms with E-state index in [1.54, 1.807) is 0 Å². The van der Waals surface area contributed by atoms with E-state index in [0.29, 0.717) is 29.6 Å². The van der Waals surface area contributed by atoms with Crippen molar-refractivity contribution < 1.29 is 19.2 Å². The maximum Gasteiger partial charge on any atom is 0.274 e. The second-order valence-electron chi connectivity index (χ2n) is 8.12. The van der Waals surface area contributed by atoms with Gasteiger partial charge in [-0.3, -0.25) is 10.1 Å². The second kappa shape index (κ2) is 7.34. The zero-order chi connectivity index (χ0) is 20.2. The molecule has 0 unspecified atom stereocenters. The molecule has 0 bridgehead atoms. The number of fused-ring (bicyclic) bond motifs is 5. The quantitative estimate of drug-likeness (QED) is 0.467. The van der Waals surface area contributed by atoms with E-state index in [0.717, 1.165) is 44.3 Å². The van der Waals surface area contributed by atoms with Crippen LogP contribution in [0, 0.1) is 11.1 Å². The number of ether oxygens (including phenoxy) is 2. The first-order valence-electron chi connectivity index (χ1n) is 10.1. The molecule has 0 spiro atoms. The summed E-state index contributed by atoms with van der Waals surface area (Å²) in [5, 5.41) is 13.3. The van der Waals surface area contributed by atoms with Crippen molar-refractivity contribution in [1.82, 2.24) is 4.90 Å². The van der Waals surface area contributed by atoms with Crippen molar-refractivity contribution in [3.63, 3.8) is 0 Å². The Labute approximate surface area is 184 Å². The van der Waals surface area contributed by atoms with Gasteiger partial charge in [-0.15, -0.1) is 0 Å². The van der Waals surface area contributed by atoms with Crippen LogP contribution in [0.4, 0.5) is 0 Å². The predicted octanol–water partition coefficient (Wildman–Crippen LogP) is 4.02. The Morgan fingerprint density at radius 1 is 1.14 bits per heavy atom. The number of hydrogen-bond donors (Lipinski definition) is 0. The maximum absolute atomic E-state index is 13.3. The first kappa shape index (κ1) is 20.0. The zero-order valence-electron chi connectivity index (χ0n) is 15.9. The van der Waals surface area contributed by atoms with Gasteiger partial charge in [-0.1, -0.05) is 65.8 Å². The normalized spacial score (nSPS) is 35.1. The van der Waals surface area contributed by atoms with Crippen molar-refractivity contribution in [2.24, 2.45) is 5.92 Å². The Balaban J connectivity index is 1.68. The predicted molar refractivity (Wildman–Crippen MR) is 111 cm³/mol. The van der Waals surface area contributed by atoms with Crippen LogP contribution in [0.15, 0.2) is 24.3 Å². The van der Waals surface area contributed by atoms with Gasteiger partial charge in [0.2, 0.25) is 9.90 Å². The molecule has 1 aromatic rings. The third-order valence-electron chi connectivity index (χ3n) is 6.66. The lowest BCUT2D eigenvalue weighted by Gasteiger charge is -2.57. The Bertz CT molecular complexity index is 824. The van der Waals surface area contributed by atoms with Crippen LogP contribution in [0.5, 0.6) is 5.75 Å². The van der Waals surface area contributed by atoms with Gasteiger partial charge >= 0.3 is 0 Å². The number of hydrogen-bond acceptors (Lipinski definition) is 5. The van der Waals surface area contributed by atoms with Gasteiger partial charge in [0.25, 0.3) is 5.71 Å². The number of benzene rings is 1. The Hall–Kier alpha value is -0.920. The summed E-state index contributed by atoms with van der Waals surface area (Å²) in [6.07, 6.45) is 2.80. The third-order valence-corrected chi connectivity index (χ3v) is 7.26. The topological polar surface area (TPSA) is 57.0 Å². The number of para-hydroxylation sites is 1. The lowest BCUT2D eigenvalue weighted by atomic mass is 9.66. The highest BCUT2D eigenvalue weighted by atomic mass is 35.6. The summed E-state index contributed by atoms with van der Waals surface area (Å²) in [5.41, 5.74) is 0.627. The standard InChI is InChI=1S/C20H23Cl3N2O4/c21-20(22,23)18-17-16(13-5-1-2-7-15(13)28-18)14-6-3-4-8-19(14,29-25(17)26)24-9-11-27-12-10-24/h1-2,5,7,14,16,18H,3-4,6,8-12H2/t14-,16+,18-,19-/m1/s1. The van der Waals surface area contributed by atoms with Crippen LogP contribution in [0.1, 0.15) is 37.2 Å². The van der Waals surface area contributed by atoms with E-state index in [4.69, 9.17) is 49.1 Å². The van der Waals surface area contributed by atoms with Crippen LogP contribution in [0.25, 0.3) is 0 Å². The largest absolute Gasteiger partial charge is 0.475 e. The molecule has 2 fully saturated rings. The highest BCUT2D eigenvalue weighted by molar-refractivity contribution is 6.69. The number of halogens is 3. The molecule has 0 amide bonds. The highest BCUT2D eigenvalue weighted by Crippen LogP contribution is 2.55. The minimum absolute atomic E-state index is 0.0643. The summed E-state index contributed by atoms with van der Waals surface area (Å²) < 4.78 is 9.77. The first-order valence-corrected chi connectivity index (χ1v) is 11.2. The SMILES string of the molecule is [O-][N+]1=C2[C@H](C(Cl)(Cl)Cl)Oc3ccccc3[C@H]2[C@H]2CCCC[C@@]2(N2CCOCC2)O1. The molecule has 1 aliphatic carbocycles. The van der Waals surface area contributed by atoms with E-state index in [-0.39, 0.29) is 11.8 Å². The van der Waals surface area contributed by atoms with E-state index >= 15 is 0 Å².